The third-order valence-electron chi connectivity index (χ3n) is 3.71. The predicted octanol–water partition coefficient (Wildman–Crippen LogP) is 0.421. The molecule has 0 spiro atoms. The van der Waals surface area contributed by atoms with Crippen LogP contribution in [0.5, 0.6) is 0 Å². The molecule has 21 heavy (non-hydrogen) atoms. The summed E-state index contributed by atoms with van der Waals surface area (Å²) in [6.07, 6.45) is 16.4. The van der Waals surface area contributed by atoms with Gasteiger partial charge >= 0.3 is 29.6 Å². The summed E-state index contributed by atoms with van der Waals surface area (Å²) < 4.78 is 0. The molecule has 0 bridgehead atoms. The van der Waals surface area contributed by atoms with E-state index in [0.29, 0.717) is 6.54 Å². The normalized spacial score (nSPS) is 10.3. The zero-order valence-electron chi connectivity index (χ0n) is 14.4. The summed E-state index contributed by atoms with van der Waals surface area (Å²) in [5.41, 5.74) is 0. The van der Waals surface area contributed by atoms with E-state index in [9.17, 15) is 9.90 Å². The van der Waals surface area contributed by atoms with Crippen LogP contribution in [0.3, 0.4) is 0 Å². The molecule has 0 amide bonds. The van der Waals surface area contributed by atoms with E-state index in [4.69, 9.17) is 0 Å². The first-order valence-corrected chi connectivity index (χ1v) is 8.68. The molecule has 0 saturated heterocycles. The van der Waals surface area contributed by atoms with Crippen LogP contribution in [0.4, 0.5) is 0 Å². The van der Waals surface area contributed by atoms with Gasteiger partial charge in [-0.1, -0.05) is 77.6 Å². The van der Waals surface area contributed by atoms with Crippen LogP contribution in [-0.4, -0.2) is 19.1 Å². The van der Waals surface area contributed by atoms with Crippen molar-refractivity contribution in [2.75, 3.05) is 13.1 Å². The van der Waals surface area contributed by atoms with Crippen molar-refractivity contribution in [3.8, 4) is 0 Å². The third-order valence-corrected chi connectivity index (χ3v) is 3.71. The van der Waals surface area contributed by atoms with Gasteiger partial charge in [-0.3, -0.25) is 0 Å². The average molecular weight is 307 g/mol. The van der Waals surface area contributed by atoms with E-state index in [2.05, 4.69) is 12.2 Å². The first kappa shape index (κ1) is 23.7. The van der Waals surface area contributed by atoms with Crippen molar-refractivity contribution >= 4 is 5.97 Å². The van der Waals surface area contributed by atoms with E-state index in [1.807, 2.05) is 0 Å². The van der Waals surface area contributed by atoms with Crippen molar-refractivity contribution in [1.82, 2.24) is 5.32 Å². The summed E-state index contributed by atoms with van der Waals surface area (Å²) in [6, 6.07) is 0. The Morgan fingerprint density at radius 3 is 1.62 bits per heavy atom. The fraction of sp³-hybridized carbons (Fsp3) is 0.941. The molecule has 0 aliphatic carbocycles. The molecule has 0 aliphatic rings. The van der Waals surface area contributed by atoms with Gasteiger partial charge in [0.2, 0.25) is 0 Å². The number of rotatable bonds is 16. The van der Waals surface area contributed by atoms with Crippen molar-refractivity contribution < 1.29 is 39.5 Å². The average Bonchev–Trinajstić information content (AvgIpc) is 2.43. The Labute approximate surface area is 153 Å². The van der Waals surface area contributed by atoms with Gasteiger partial charge in [0, 0.05) is 12.5 Å². The van der Waals surface area contributed by atoms with Crippen molar-refractivity contribution in [2.45, 2.75) is 90.4 Å². The minimum atomic E-state index is -0.966. The number of hydrogen-bond acceptors (Lipinski definition) is 3. The van der Waals surface area contributed by atoms with Crippen molar-refractivity contribution in [3.05, 3.63) is 0 Å². The van der Waals surface area contributed by atoms with Crippen molar-refractivity contribution in [1.29, 1.82) is 0 Å². The van der Waals surface area contributed by atoms with Crippen LogP contribution in [0.25, 0.3) is 0 Å². The largest absolute Gasteiger partial charge is 1.00 e. The molecule has 4 heteroatoms. The van der Waals surface area contributed by atoms with Crippen LogP contribution in [0.2, 0.25) is 0 Å². The smallest absolute Gasteiger partial charge is 0.550 e. The Kier molecular flexibility index (Phi) is 23.0. The number of aliphatic carboxylic acids is 1. The predicted molar refractivity (Wildman–Crippen MR) is 83.6 cm³/mol. The molecule has 0 aromatic rings. The Hall–Kier alpha value is 0.430. The summed E-state index contributed by atoms with van der Waals surface area (Å²) in [5.74, 6) is -0.966. The monoisotopic (exact) mass is 307 g/mol. The number of carbonyl (C=O) groups excluding carboxylic acids is 1. The van der Waals surface area contributed by atoms with Crippen LogP contribution in [0.1, 0.15) is 90.4 Å². The molecule has 0 aliphatic heterocycles. The molecule has 0 unspecified atom stereocenters. The second-order valence-electron chi connectivity index (χ2n) is 5.76. The second kappa shape index (κ2) is 20.4. The number of carboxylic acids is 1. The van der Waals surface area contributed by atoms with Gasteiger partial charge in [-0.2, -0.15) is 0 Å². The molecule has 0 aromatic heterocycles. The fourth-order valence-corrected chi connectivity index (χ4v) is 2.41. The molecule has 0 atom stereocenters. The maximum Gasteiger partial charge on any atom is 1.00 e. The first-order valence-electron chi connectivity index (χ1n) is 8.68. The van der Waals surface area contributed by atoms with Crippen LogP contribution in [-0.2, 0) is 4.79 Å². The van der Waals surface area contributed by atoms with Crippen LogP contribution >= 0.6 is 0 Å². The van der Waals surface area contributed by atoms with Gasteiger partial charge in [-0.05, 0) is 19.4 Å². The van der Waals surface area contributed by atoms with E-state index in [-0.39, 0.29) is 36.0 Å². The quantitative estimate of drug-likeness (QED) is 0.332. The van der Waals surface area contributed by atoms with Crippen molar-refractivity contribution in [3.63, 3.8) is 0 Å². The molecule has 0 rings (SSSR count). The zero-order chi connectivity index (χ0) is 14.9. The van der Waals surface area contributed by atoms with E-state index in [1.165, 1.54) is 70.6 Å². The van der Waals surface area contributed by atoms with Gasteiger partial charge in [0.15, 0.2) is 0 Å². The molecular weight excluding hydrogens is 273 g/mol. The number of carboxylic acid groups (broad SMARTS) is 1. The molecule has 0 heterocycles. The van der Waals surface area contributed by atoms with Gasteiger partial charge in [0.25, 0.3) is 0 Å². The van der Waals surface area contributed by atoms with Crippen LogP contribution in [0, 0.1) is 0 Å². The maximum atomic E-state index is 10.2. The Morgan fingerprint density at radius 2 is 1.19 bits per heavy atom. The minimum absolute atomic E-state index is 0. The van der Waals surface area contributed by atoms with Crippen LogP contribution in [0.15, 0.2) is 0 Å². The van der Waals surface area contributed by atoms with E-state index >= 15 is 0 Å². The summed E-state index contributed by atoms with van der Waals surface area (Å²) >= 11 is 0. The fourth-order valence-electron chi connectivity index (χ4n) is 2.41. The van der Waals surface area contributed by atoms with E-state index in [0.717, 1.165) is 13.0 Å². The Morgan fingerprint density at radius 1 is 0.762 bits per heavy atom. The van der Waals surface area contributed by atoms with Crippen molar-refractivity contribution in [2.24, 2.45) is 0 Å². The summed E-state index contributed by atoms with van der Waals surface area (Å²) in [7, 11) is 0. The standard InChI is InChI=1S/C17H35NO2.Na/c1-2-3-4-5-6-7-8-9-10-11-12-13-15-18-16-14-17(19)20;/h18H,2-16H2,1H3,(H,19,20);/q;+1/p-1. The topological polar surface area (TPSA) is 52.2 Å². The molecular formula is C17H34NNaO2. The molecule has 0 radical (unpaired) electrons. The van der Waals surface area contributed by atoms with Gasteiger partial charge in [0.1, 0.15) is 0 Å². The number of unbranched alkanes of at least 4 members (excludes halogenated alkanes) is 11. The first-order chi connectivity index (χ1) is 9.77. The molecule has 1 N–H and O–H groups in total. The summed E-state index contributed by atoms with van der Waals surface area (Å²) in [4.78, 5) is 10.2. The van der Waals surface area contributed by atoms with Gasteiger partial charge < -0.3 is 15.2 Å². The minimum Gasteiger partial charge on any atom is -0.550 e. The summed E-state index contributed by atoms with van der Waals surface area (Å²) in [5, 5.41) is 13.3. The molecule has 0 aromatic carbocycles. The number of carbonyl (C=O) groups is 1. The van der Waals surface area contributed by atoms with E-state index in [1.54, 1.807) is 0 Å². The second-order valence-corrected chi connectivity index (χ2v) is 5.76. The number of hydrogen-bond donors (Lipinski definition) is 1. The van der Waals surface area contributed by atoms with Gasteiger partial charge in [-0.15, -0.1) is 0 Å². The third kappa shape index (κ3) is 22.8. The van der Waals surface area contributed by atoms with Gasteiger partial charge in [-0.25, -0.2) is 0 Å². The Bertz CT molecular complexity index is 213. The van der Waals surface area contributed by atoms with E-state index < -0.39 is 5.97 Å². The zero-order valence-corrected chi connectivity index (χ0v) is 16.4. The maximum absolute atomic E-state index is 10.2. The molecule has 0 fully saturated rings. The SMILES string of the molecule is CCCCCCCCCCCCCCNCCC(=O)[O-].[Na+]. The molecule has 0 saturated carbocycles. The molecule has 3 nitrogen and oxygen atoms in total. The van der Waals surface area contributed by atoms with Crippen LogP contribution < -0.4 is 40.0 Å². The summed E-state index contributed by atoms with van der Waals surface area (Å²) in [6.45, 7) is 3.74. The number of nitrogens with one attached hydrogen (secondary N) is 1. The van der Waals surface area contributed by atoms with Gasteiger partial charge in [0.05, 0.1) is 0 Å². The molecule has 120 valence electrons. The Balaban J connectivity index is 0.